The van der Waals surface area contributed by atoms with Crippen LogP contribution in [0.25, 0.3) is 23.8 Å². The van der Waals surface area contributed by atoms with Gasteiger partial charge in [0.15, 0.2) is 0 Å². The van der Waals surface area contributed by atoms with Crippen LogP contribution in [0.5, 0.6) is 0 Å². The van der Waals surface area contributed by atoms with Crippen LogP contribution in [0, 0.1) is 0 Å². The minimum absolute atomic E-state index is 0. The summed E-state index contributed by atoms with van der Waals surface area (Å²) in [5, 5.41) is 14.5. The van der Waals surface area contributed by atoms with Gasteiger partial charge in [-0.25, -0.2) is 19.2 Å². The highest BCUT2D eigenvalue weighted by molar-refractivity contribution is 5.85. The zero-order valence-electron chi connectivity index (χ0n) is 22.8. The van der Waals surface area contributed by atoms with Crippen molar-refractivity contribution in [2.45, 2.75) is 35.1 Å². The van der Waals surface area contributed by atoms with E-state index in [0.717, 1.165) is 30.9 Å². The lowest BCUT2D eigenvalue weighted by Crippen LogP contribution is -2.21. The Balaban J connectivity index is 0.000000681. The van der Waals surface area contributed by atoms with Crippen LogP contribution in [0.2, 0.25) is 0 Å². The van der Waals surface area contributed by atoms with Gasteiger partial charge in [0, 0.05) is 43.1 Å². The number of aromatic nitrogens is 10. The predicted molar refractivity (Wildman–Crippen MR) is 151 cm³/mol. The number of carbonyl (C=O) groups is 2. The molecule has 4 heterocycles. The van der Waals surface area contributed by atoms with Crippen LogP contribution in [0.4, 0.5) is 0 Å². The Morgan fingerprint density at radius 1 is 0.683 bits per heavy atom. The fourth-order valence-electron chi connectivity index (χ4n) is 2.39. The molecule has 0 saturated heterocycles. The Hall–Kier alpha value is -5.54. The molecule has 0 N–H and O–H groups in total. The highest BCUT2D eigenvalue weighted by Crippen LogP contribution is 1.99. The second kappa shape index (κ2) is 19.5. The SMILES string of the molecule is C.CC.CC.COC(=O)/C=C/n1nnn(-c2cccnc2)c1=O.COC(=O)/C=C/n1nnn(-c2ccncc2)c1=O. The van der Waals surface area contributed by atoms with Crippen molar-refractivity contribution in [1.29, 1.82) is 0 Å². The Bertz CT molecular complexity index is 1370. The fraction of sp³-hybridized carbons (Fsp3) is 0.280. The largest absolute Gasteiger partial charge is 0.466 e. The van der Waals surface area contributed by atoms with Crippen molar-refractivity contribution in [2.75, 3.05) is 14.2 Å². The Morgan fingerprint density at radius 3 is 1.56 bits per heavy atom. The van der Waals surface area contributed by atoms with Gasteiger partial charge in [0.05, 0.1) is 31.8 Å². The number of nitrogens with zero attached hydrogens (tertiary/aromatic N) is 10. The molecule has 16 heteroatoms. The van der Waals surface area contributed by atoms with E-state index >= 15 is 0 Å². The van der Waals surface area contributed by atoms with E-state index in [9.17, 15) is 19.2 Å². The number of ether oxygens (including phenoxy) is 2. The maximum atomic E-state index is 11.8. The molecule has 0 radical (unpaired) electrons. The molecule has 0 aliphatic rings. The average molecular weight is 571 g/mol. The van der Waals surface area contributed by atoms with Gasteiger partial charge in [-0.15, -0.1) is 0 Å². The molecular formula is C25H34N10O6. The summed E-state index contributed by atoms with van der Waals surface area (Å²) in [6.45, 7) is 8.00. The maximum absolute atomic E-state index is 11.8. The first-order valence-electron chi connectivity index (χ1n) is 11.9. The molecule has 41 heavy (non-hydrogen) atoms. The van der Waals surface area contributed by atoms with E-state index in [-0.39, 0.29) is 7.43 Å². The van der Waals surface area contributed by atoms with Crippen LogP contribution in [0.1, 0.15) is 35.1 Å². The lowest BCUT2D eigenvalue weighted by molar-refractivity contribution is -0.135. The Kier molecular flexibility index (Phi) is 16.9. The van der Waals surface area contributed by atoms with Gasteiger partial charge in [-0.3, -0.25) is 9.97 Å². The normalized spacial score (nSPS) is 9.71. The number of hydrogen-bond acceptors (Lipinski definition) is 12. The molecule has 0 unspecified atom stereocenters. The van der Waals surface area contributed by atoms with Crippen LogP contribution in [0.15, 0.2) is 70.8 Å². The van der Waals surface area contributed by atoms with Crippen LogP contribution < -0.4 is 11.4 Å². The minimum Gasteiger partial charge on any atom is -0.466 e. The first kappa shape index (κ1) is 35.5. The molecule has 220 valence electrons. The second-order valence-corrected chi connectivity index (χ2v) is 6.33. The maximum Gasteiger partial charge on any atom is 0.372 e. The smallest absolute Gasteiger partial charge is 0.372 e. The van der Waals surface area contributed by atoms with E-state index < -0.39 is 23.3 Å². The van der Waals surface area contributed by atoms with Crippen LogP contribution in [0.3, 0.4) is 0 Å². The molecule has 0 aliphatic carbocycles. The Labute approximate surface area is 236 Å². The number of rotatable bonds is 6. The number of esters is 2. The fourth-order valence-corrected chi connectivity index (χ4v) is 2.39. The van der Waals surface area contributed by atoms with E-state index in [1.807, 2.05) is 27.7 Å². The molecule has 16 nitrogen and oxygen atoms in total. The molecule has 0 bridgehead atoms. The van der Waals surface area contributed by atoms with Crippen molar-refractivity contribution < 1.29 is 19.1 Å². The van der Waals surface area contributed by atoms with Gasteiger partial charge in [-0.05, 0) is 45.1 Å². The number of carbonyl (C=O) groups excluding carboxylic acids is 2. The van der Waals surface area contributed by atoms with Crippen LogP contribution >= 0.6 is 0 Å². The van der Waals surface area contributed by atoms with Gasteiger partial charge >= 0.3 is 23.3 Å². The summed E-state index contributed by atoms with van der Waals surface area (Å²) < 4.78 is 12.8. The molecule has 0 spiro atoms. The summed E-state index contributed by atoms with van der Waals surface area (Å²) in [6.07, 6.45) is 10.6. The molecule has 0 atom stereocenters. The zero-order valence-corrected chi connectivity index (χ0v) is 22.8. The highest BCUT2D eigenvalue weighted by atomic mass is 16.5. The van der Waals surface area contributed by atoms with Crippen molar-refractivity contribution in [1.82, 2.24) is 49.5 Å². The van der Waals surface area contributed by atoms with Crippen molar-refractivity contribution in [2.24, 2.45) is 0 Å². The molecule has 0 aliphatic heterocycles. The van der Waals surface area contributed by atoms with Gasteiger partial charge in [0.2, 0.25) is 0 Å². The highest BCUT2D eigenvalue weighted by Gasteiger charge is 2.08. The third-order valence-electron chi connectivity index (χ3n) is 4.11. The van der Waals surface area contributed by atoms with E-state index in [1.165, 1.54) is 45.2 Å². The third kappa shape index (κ3) is 10.6. The summed E-state index contributed by atoms with van der Waals surface area (Å²) in [4.78, 5) is 53.2. The molecule has 4 aromatic heterocycles. The minimum atomic E-state index is -0.585. The molecule has 4 aromatic rings. The Morgan fingerprint density at radius 2 is 1.15 bits per heavy atom. The molecular weight excluding hydrogens is 536 g/mol. The number of pyridine rings is 2. The topological polar surface area (TPSA) is 184 Å². The number of tetrazole rings is 2. The lowest BCUT2D eigenvalue weighted by Gasteiger charge is -1.94. The summed E-state index contributed by atoms with van der Waals surface area (Å²) in [6, 6.07) is 6.57. The summed E-state index contributed by atoms with van der Waals surface area (Å²) in [5.74, 6) is -1.17. The van der Waals surface area contributed by atoms with E-state index in [2.05, 4.69) is 40.3 Å². The lowest BCUT2D eigenvalue weighted by atomic mass is 10.4. The van der Waals surface area contributed by atoms with Crippen molar-refractivity contribution in [3.63, 3.8) is 0 Å². The molecule has 4 rings (SSSR count). The third-order valence-corrected chi connectivity index (χ3v) is 4.11. The molecule has 0 fully saturated rings. The molecule has 0 saturated carbocycles. The first-order chi connectivity index (χ1) is 19.4. The van der Waals surface area contributed by atoms with Gasteiger partial charge in [0.1, 0.15) is 0 Å². The van der Waals surface area contributed by atoms with Crippen molar-refractivity contribution in [3.8, 4) is 11.4 Å². The van der Waals surface area contributed by atoms with E-state index in [1.54, 1.807) is 30.5 Å². The van der Waals surface area contributed by atoms with Gasteiger partial charge in [-0.2, -0.15) is 18.7 Å². The van der Waals surface area contributed by atoms with E-state index in [4.69, 9.17) is 0 Å². The number of hydrogen-bond donors (Lipinski definition) is 0. The van der Waals surface area contributed by atoms with E-state index in [0.29, 0.717) is 11.4 Å². The van der Waals surface area contributed by atoms with Crippen molar-refractivity contribution in [3.05, 3.63) is 82.2 Å². The summed E-state index contributed by atoms with van der Waals surface area (Å²) in [7, 11) is 2.48. The van der Waals surface area contributed by atoms with Crippen LogP contribution in [-0.4, -0.2) is 75.7 Å². The summed E-state index contributed by atoms with van der Waals surface area (Å²) in [5.41, 5.74) is 0.0115. The predicted octanol–water partition coefficient (Wildman–Crippen LogP) is 1.62. The monoisotopic (exact) mass is 570 g/mol. The summed E-state index contributed by atoms with van der Waals surface area (Å²) >= 11 is 0. The van der Waals surface area contributed by atoms with Crippen LogP contribution in [-0.2, 0) is 19.1 Å². The van der Waals surface area contributed by atoms with Gasteiger partial charge in [0.25, 0.3) is 0 Å². The van der Waals surface area contributed by atoms with Gasteiger partial charge in [-0.1, -0.05) is 35.1 Å². The first-order valence-corrected chi connectivity index (χ1v) is 11.9. The molecule has 0 amide bonds. The second-order valence-electron chi connectivity index (χ2n) is 6.33. The standard InChI is InChI=1S/2C10H9N5O3.2C2H6.CH4/c1-18-9(16)4-7-14-10(17)15(13-12-14)8-2-5-11-6-3-8;1-18-9(16)4-6-14-10(17)15(13-12-14)8-3-2-5-11-7-8;2*1-2;/h2*2-7H,1H3;2*1-2H3;1H4/b7-4+;6-4+;;;. The zero-order chi connectivity index (χ0) is 29.9. The molecule has 0 aromatic carbocycles. The average Bonchev–Trinajstić information content (AvgIpc) is 3.59. The number of methoxy groups -OCH3 is 2. The quantitative estimate of drug-likeness (QED) is 0.241. The van der Waals surface area contributed by atoms with Gasteiger partial charge < -0.3 is 9.47 Å². The van der Waals surface area contributed by atoms with Crippen molar-refractivity contribution >= 4 is 24.3 Å².